The quantitative estimate of drug-likeness (QED) is 0.687. The lowest BCUT2D eigenvalue weighted by Gasteiger charge is -2.20. The van der Waals surface area contributed by atoms with Gasteiger partial charge in [0.2, 0.25) is 5.91 Å². The molecule has 88 valence electrons. The van der Waals surface area contributed by atoms with Gasteiger partial charge in [0.15, 0.2) is 0 Å². The van der Waals surface area contributed by atoms with Gasteiger partial charge in [0, 0.05) is 20.3 Å². The van der Waals surface area contributed by atoms with Crippen molar-refractivity contribution in [3.05, 3.63) is 0 Å². The Kier molecular flexibility index (Phi) is 5.15. The number of carboxylic acids is 1. The molecule has 0 atom stereocenters. The summed E-state index contributed by atoms with van der Waals surface area (Å²) in [7, 11) is 0. The Morgan fingerprint density at radius 2 is 1.93 bits per heavy atom. The largest absolute Gasteiger partial charge is 0.481 e. The van der Waals surface area contributed by atoms with Crippen LogP contribution in [0.2, 0.25) is 0 Å². The first-order valence-electron chi connectivity index (χ1n) is 5.69. The summed E-state index contributed by atoms with van der Waals surface area (Å²) in [5.74, 6) is -0.523. The van der Waals surface area contributed by atoms with Gasteiger partial charge in [0.1, 0.15) is 0 Å². The molecule has 15 heavy (non-hydrogen) atoms. The number of hydrogen-bond donors (Lipinski definition) is 2. The lowest BCUT2D eigenvalue weighted by molar-refractivity contribution is -0.137. The molecule has 1 aliphatic rings. The second kappa shape index (κ2) is 6.43. The summed E-state index contributed by atoms with van der Waals surface area (Å²) in [4.78, 5) is 21.8. The third-order valence-corrected chi connectivity index (χ3v) is 2.84. The second-order valence-corrected chi connectivity index (χ2v) is 4.12. The van der Waals surface area contributed by atoms with Crippen LogP contribution in [-0.2, 0) is 9.59 Å². The highest BCUT2D eigenvalue weighted by Crippen LogP contribution is 2.23. The number of amides is 1. The van der Waals surface area contributed by atoms with Gasteiger partial charge in [0.25, 0.3) is 0 Å². The van der Waals surface area contributed by atoms with E-state index in [1.807, 2.05) is 0 Å². The maximum atomic E-state index is 11.6. The van der Waals surface area contributed by atoms with E-state index in [1.54, 1.807) is 0 Å². The van der Waals surface area contributed by atoms with E-state index in [0.29, 0.717) is 13.0 Å². The number of carbonyl (C=O) groups is 2. The zero-order valence-electron chi connectivity index (χ0n) is 9.00. The molecule has 0 aromatic rings. The summed E-state index contributed by atoms with van der Waals surface area (Å²) in [6, 6.07) is 0. The van der Waals surface area contributed by atoms with Crippen molar-refractivity contribution in [2.75, 3.05) is 6.54 Å². The lowest BCUT2D eigenvalue weighted by atomic mass is 9.89. The van der Waals surface area contributed by atoms with Gasteiger partial charge in [-0.1, -0.05) is 19.3 Å². The van der Waals surface area contributed by atoms with Crippen molar-refractivity contribution in [1.29, 1.82) is 0 Å². The lowest BCUT2D eigenvalue weighted by Crippen LogP contribution is -2.32. The molecular weight excluding hydrogens is 194 g/mol. The minimum atomic E-state index is -0.804. The molecule has 0 unspecified atom stereocenters. The summed E-state index contributed by atoms with van der Waals surface area (Å²) in [6.07, 6.45) is 6.16. The second-order valence-electron chi connectivity index (χ2n) is 4.12. The van der Waals surface area contributed by atoms with E-state index >= 15 is 0 Å². The zero-order valence-corrected chi connectivity index (χ0v) is 9.00. The van der Waals surface area contributed by atoms with Gasteiger partial charge in [-0.2, -0.15) is 0 Å². The highest BCUT2D eigenvalue weighted by molar-refractivity contribution is 5.78. The Hall–Kier alpha value is -1.06. The van der Waals surface area contributed by atoms with Crippen LogP contribution in [0.5, 0.6) is 0 Å². The van der Waals surface area contributed by atoms with Gasteiger partial charge in [-0.15, -0.1) is 0 Å². The maximum absolute atomic E-state index is 11.6. The number of carbonyl (C=O) groups excluding carboxylic acids is 1. The molecule has 0 aromatic carbocycles. The van der Waals surface area contributed by atoms with Crippen molar-refractivity contribution in [3.8, 4) is 0 Å². The van der Waals surface area contributed by atoms with Crippen LogP contribution in [0, 0.1) is 5.92 Å². The average molecular weight is 215 g/mol. The van der Waals surface area contributed by atoms with E-state index in [1.165, 1.54) is 6.42 Å². The van der Waals surface area contributed by atoms with Gasteiger partial charge in [0.05, 0.1) is 0 Å². The van der Waals surface area contributed by atoms with Gasteiger partial charge in [-0.3, -0.25) is 9.59 Å². The normalized spacial score (nSPS) is 17.3. The maximum Gasteiger partial charge on any atom is 0.303 e. The number of nitrogens with one attached hydrogen (secondary N) is 1. The standard InChI is InChI=1S/C11H19NO3.H2/c13-10(14)7-4-8-12-11(15)9-5-2-1-3-6-9;/h9H,1-8H2,(H,12,15)(H,13,14);1H. The Morgan fingerprint density at radius 1 is 1.27 bits per heavy atom. The number of hydrogen-bond acceptors (Lipinski definition) is 2. The first-order valence-corrected chi connectivity index (χ1v) is 5.69. The van der Waals surface area contributed by atoms with Gasteiger partial charge in [-0.25, -0.2) is 0 Å². The van der Waals surface area contributed by atoms with Crippen LogP contribution in [-0.4, -0.2) is 23.5 Å². The molecule has 4 heteroatoms. The van der Waals surface area contributed by atoms with Crippen molar-refractivity contribution < 1.29 is 16.1 Å². The fourth-order valence-electron chi connectivity index (χ4n) is 1.96. The minimum Gasteiger partial charge on any atom is -0.481 e. The predicted molar refractivity (Wildman–Crippen MR) is 58.6 cm³/mol. The van der Waals surface area contributed by atoms with E-state index in [4.69, 9.17) is 5.11 Å². The van der Waals surface area contributed by atoms with Gasteiger partial charge in [-0.05, 0) is 19.3 Å². The Bertz CT molecular complexity index is 227. The minimum absolute atomic E-state index is 0. The Morgan fingerprint density at radius 3 is 2.53 bits per heavy atom. The Labute approximate surface area is 91.5 Å². The van der Waals surface area contributed by atoms with Crippen LogP contribution in [0.4, 0.5) is 0 Å². The van der Waals surface area contributed by atoms with Crippen molar-refractivity contribution in [2.45, 2.75) is 44.9 Å². The summed E-state index contributed by atoms with van der Waals surface area (Å²) < 4.78 is 0. The number of rotatable bonds is 5. The molecule has 0 heterocycles. The SMILES string of the molecule is O=C(O)CCCNC(=O)C1CCCCC1.[HH]. The Balaban J connectivity index is 0.00000225. The van der Waals surface area contributed by atoms with E-state index < -0.39 is 5.97 Å². The third-order valence-electron chi connectivity index (χ3n) is 2.84. The van der Waals surface area contributed by atoms with Gasteiger partial charge >= 0.3 is 5.97 Å². The van der Waals surface area contributed by atoms with E-state index in [9.17, 15) is 9.59 Å². The third kappa shape index (κ3) is 4.81. The summed E-state index contributed by atoms with van der Waals surface area (Å²) in [6.45, 7) is 0.488. The van der Waals surface area contributed by atoms with Crippen molar-refractivity contribution >= 4 is 11.9 Å². The summed E-state index contributed by atoms with van der Waals surface area (Å²) >= 11 is 0. The molecule has 4 nitrogen and oxygen atoms in total. The van der Waals surface area contributed by atoms with Crippen LogP contribution >= 0.6 is 0 Å². The first kappa shape index (κ1) is 12.0. The van der Waals surface area contributed by atoms with E-state index in [-0.39, 0.29) is 19.7 Å². The summed E-state index contributed by atoms with van der Waals surface area (Å²) in [5.41, 5.74) is 0. The molecule has 2 N–H and O–H groups in total. The highest BCUT2D eigenvalue weighted by atomic mass is 16.4. The predicted octanol–water partition coefficient (Wildman–Crippen LogP) is 1.79. The van der Waals surface area contributed by atoms with Crippen LogP contribution in [0.15, 0.2) is 0 Å². The number of carboxylic acid groups (broad SMARTS) is 1. The van der Waals surface area contributed by atoms with Gasteiger partial charge < -0.3 is 10.4 Å². The highest BCUT2D eigenvalue weighted by Gasteiger charge is 2.20. The molecule has 0 saturated heterocycles. The fraction of sp³-hybridized carbons (Fsp3) is 0.818. The molecular formula is C11H21NO3. The molecule has 0 aromatic heterocycles. The van der Waals surface area contributed by atoms with E-state index in [2.05, 4.69) is 5.32 Å². The molecule has 1 fully saturated rings. The van der Waals surface area contributed by atoms with Crippen molar-refractivity contribution in [3.63, 3.8) is 0 Å². The number of aliphatic carboxylic acids is 1. The van der Waals surface area contributed by atoms with E-state index in [0.717, 1.165) is 25.7 Å². The summed E-state index contributed by atoms with van der Waals surface area (Å²) in [5, 5.41) is 11.2. The van der Waals surface area contributed by atoms with Crippen molar-refractivity contribution in [1.82, 2.24) is 5.32 Å². The van der Waals surface area contributed by atoms with Crippen LogP contribution < -0.4 is 5.32 Å². The molecule has 1 amide bonds. The molecule has 0 radical (unpaired) electrons. The molecule has 1 rings (SSSR count). The van der Waals surface area contributed by atoms with Crippen LogP contribution in [0.1, 0.15) is 46.4 Å². The van der Waals surface area contributed by atoms with Crippen molar-refractivity contribution in [2.24, 2.45) is 5.92 Å². The topological polar surface area (TPSA) is 66.4 Å². The zero-order chi connectivity index (χ0) is 11.1. The molecule has 1 aliphatic carbocycles. The molecule has 1 saturated carbocycles. The smallest absolute Gasteiger partial charge is 0.303 e. The first-order chi connectivity index (χ1) is 7.20. The fourth-order valence-corrected chi connectivity index (χ4v) is 1.96. The monoisotopic (exact) mass is 215 g/mol. The molecule has 0 bridgehead atoms. The average Bonchev–Trinajstić information content (AvgIpc) is 2.25. The van der Waals surface area contributed by atoms with Crippen LogP contribution in [0.25, 0.3) is 0 Å². The molecule has 0 aliphatic heterocycles. The molecule has 0 spiro atoms. The van der Waals surface area contributed by atoms with Crippen LogP contribution in [0.3, 0.4) is 0 Å².